The third kappa shape index (κ3) is 4.95. The quantitative estimate of drug-likeness (QED) is 0.287. The molecule has 2 aromatic carbocycles. The highest BCUT2D eigenvalue weighted by molar-refractivity contribution is 5.85. The molecule has 0 radical (unpaired) electrons. The van der Waals surface area contributed by atoms with E-state index in [-0.39, 0.29) is 5.75 Å². The number of aromatic amines is 1. The molecule has 0 atom stereocenters. The van der Waals surface area contributed by atoms with Gasteiger partial charge in [-0.2, -0.15) is 8.78 Å². The Hall–Kier alpha value is -2.74. The third-order valence-corrected chi connectivity index (χ3v) is 4.34. The van der Waals surface area contributed by atoms with E-state index in [2.05, 4.69) is 10.3 Å². The van der Waals surface area contributed by atoms with Gasteiger partial charge in [0.2, 0.25) is 0 Å². The van der Waals surface area contributed by atoms with Gasteiger partial charge < -0.3 is 20.8 Å². The van der Waals surface area contributed by atoms with Crippen molar-refractivity contribution < 1.29 is 22.3 Å². The van der Waals surface area contributed by atoms with Crippen molar-refractivity contribution >= 4 is 16.6 Å². The van der Waals surface area contributed by atoms with Gasteiger partial charge in [0.1, 0.15) is 5.75 Å². The van der Waals surface area contributed by atoms with Crippen LogP contribution in [-0.2, 0) is 13.0 Å². The lowest BCUT2D eigenvalue weighted by molar-refractivity contribution is -0.148. The minimum atomic E-state index is -4.17. The third-order valence-electron chi connectivity index (χ3n) is 4.34. The molecule has 0 bridgehead atoms. The number of rotatable bonds is 9. The van der Waals surface area contributed by atoms with Crippen LogP contribution in [0, 0.1) is 0 Å². The van der Waals surface area contributed by atoms with Gasteiger partial charge in [0, 0.05) is 29.3 Å². The van der Waals surface area contributed by atoms with Crippen LogP contribution < -0.4 is 15.8 Å². The van der Waals surface area contributed by atoms with Crippen molar-refractivity contribution in [1.82, 2.24) is 10.3 Å². The number of halogens is 4. The highest BCUT2D eigenvalue weighted by Crippen LogP contribution is 2.25. The number of anilines is 1. The summed E-state index contributed by atoms with van der Waals surface area (Å²) in [6.07, 6.45) is -1.01. The molecule has 0 spiro atoms. The van der Waals surface area contributed by atoms with Crippen LogP contribution in [0.1, 0.15) is 11.1 Å². The van der Waals surface area contributed by atoms with E-state index in [4.69, 9.17) is 10.5 Å². The second kappa shape index (κ2) is 8.52. The van der Waals surface area contributed by atoms with Gasteiger partial charge in [0.05, 0.1) is 0 Å². The normalized spacial score (nSPS) is 12.0. The molecule has 0 saturated heterocycles. The summed E-state index contributed by atoms with van der Waals surface area (Å²) >= 11 is 0. The molecule has 3 rings (SSSR count). The van der Waals surface area contributed by atoms with Gasteiger partial charge in [-0.05, 0) is 48.4 Å². The molecule has 8 heteroatoms. The largest absolute Gasteiger partial charge is 0.487 e. The van der Waals surface area contributed by atoms with Gasteiger partial charge >= 0.3 is 12.3 Å². The van der Waals surface area contributed by atoms with Crippen LogP contribution in [0.4, 0.5) is 23.2 Å². The number of nitrogens with one attached hydrogen (secondary N) is 2. The molecule has 150 valence electrons. The van der Waals surface area contributed by atoms with E-state index in [0.29, 0.717) is 18.8 Å². The maximum Gasteiger partial charge on any atom is 0.340 e. The molecule has 1 heterocycles. The minimum absolute atomic E-state index is 0.133. The Labute approximate surface area is 159 Å². The van der Waals surface area contributed by atoms with Gasteiger partial charge in [-0.1, -0.05) is 18.2 Å². The summed E-state index contributed by atoms with van der Waals surface area (Å²) in [5.41, 5.74) is 9.43. The molecule has 4 N–H and O–H groups in total. The molecule has 0 unspecified atom stereocenters. The summed E-state index contributed by atoms with van der Waals surface area (Å²) < 4.78 is 55.1. The Bertz CT molecular complexity index is 927. The summed E-state index contributed by atoms with van der Waals surface area (Å²) in [6.45, 7) is -0.157. The molecule has 0 saturated carbocycles. The first-order valence-electron chi connectivity index (χ1n) is 8.79. The van der Waals surface area contributed by atoms with Gasteiger partial charge in [-0.3, -0.25) is 0 Å². The van der Waals surface area contributed by atoms with Crippen molar-refractivity contribution in [3.63, 3.8) is 0 Å². The van der Waals surface area contributed by atoms with Crippen LogP contribution in [-0.4, -0.2) is 30.5 Å². The number of hydrogen-bond acceptors (Lipinski definition) is 3. The van der Waals surface area contributed by atoms with E-state index < -0.39 is 19.0 Å². The highest BCUT2D eigenvalue weighted by Gasteiger charge is 2.41. The Morgan fingerprint density at radius 1 is 1.14 bits per heavy atom. The number of nitrogen functional groups attached to an aromatic ring is 1. The maximum atomic E-state index is 13.0. The lowest BCUT2D eigenvalue weighted by atomic mass is 10.1. The minimum Gasteiger partial charge on any atom is -0.487 e. The SMILES string of the molecule is Nc1ccc2c(CCNCc3cccc(OCC(F)(F)C(F)F)c3)c[nH]c2c1. The molecule has 28 heavy (non-hydrogen) atoms. The fraction of sp³-hybridized carbons (Fsp3) is 0.300. The predicted molar refractivity (Wildman–Crippen MR) is 101 cm³/mol. The Morgan fingerprint density at radius 2 is 1.96 bits per heavy atom. The van der Waals surface area contributed by atoms with Gasteiger partial charge in [0.15, 0.2) is 6.61 Å². The Balaban J connectivity index is 1.49. The smallest absolute Gasteiger partial charge is 0.340 e. The van der Waals surface area contributed by atoms with Gasteiger partial charge in [0.25, 0.3) is 0 Å². The number of H-pyrrole nitrogens is 1. The second-order valence-electron chi connectivity index (χ2n) is 6.54. The lowest BCUT2D eigenvalue weighted by Crippen LogP contribution is -2.33. The summed E-state index contributed by atoms with van der Waals surface area (Å²) in [6, 6.07) is 12.2. The summed E-state index contributed by atoms with van der Waals surface area (Å²) in [5.74, 6) is -4.04. The van der Waals surface area contributed by atoms with Crippen molar-refractivity contribution in [1.29, 1.82) is 0 Å². The van der Waals surface area contributed by atoms with Crippen LogP contribution in [0.2, 0.25) is 0 Å². The zero-order chi connectivity index (χ0) is 20.1. The second-order valence-corrected chi connectivity index (χ2v) is 6.54. The fourth-order valence-electron chi connectivity index (χ4n) is 2.85. The molecule has 0 aliphatic heterocycles. The fourth-order valence-corrected chi connectivity index (χ4v) is 2.85. The van der Waals surface area contributed by atoms with E-state index in [9.17, 15) is 17.6 Å². The predicted octanol–water partition coefficient (Wildman–Crippen LogP) is 4.36. The van der Waals surface area contributed by atoms with E-state index in [1.54, 1.807) is 18.2 Å². The summed E-state index contributed by atoms with van der Waals surface area (Å²) in [4.78, 5) is 3.19. The van der Waals surface area contributed by atoms with E-state index in [1.807, 2.05) is 24.4 Å². The summed E-state index contributed by atoms with van der Waals surface area (Å²) in [5, 5.41) is 4.39. The molecule has 4 nitrogen and oxygen atoms in total. The standard InChI is InChI=1S/C20H21F4N3O/c21-19(22)20(23,24)12-28-16-3-1-2-13(8-16)10-26-7-6-14-11-27-18-9-15(25)4-5-17(14)18/h1-5,8-9,11,19,26-27H,6-7,10,12,25H2. The molecule has 3 aromatic rings. The number of ether oxygens (including phenoxy) is 1. The van der Waals surface area contributed by atoms with Crippen LogP contribution in [0.3, 0.4) is 0 Å². The van der Waals surface area contributed by atoms with Crippen LogP contribution >= 0.6 is 0 Å². The van der Waals surface area contributed by atoms with Crippen molar-refractivity contribution in [3.05, 3.63) is 59.8 Å². The molecule has 0 aliphatic carbocycles. The molecule has 0 aliphatic rings. The zero-order valence-electron chi connectivity index (χ0n) is 15.0. The van der Waals surface area contributed by atoms with E-state index in [1.165, 1.54) is 6.07 Å². The lowest BCUT2D eigenvalue weighted by Gasteiger charge is -2.16. The topological polar surface area (TPSA) is 63.1 Å². The molecule has 1 aromatic heterocycles. The first kappa shape index (κ1) is 20.0. The Kier molecular flexibility index (Phi) is 6.08. The molecular weight excluding hydrogens is 374 g/mol. The number of alkyl halides is 4. The number of fused-ring (bicyclic) bond motifs is 1. The summed E-state index contributed by atoms with van der Waals surface area (Å²) in [7, 11) is 0. The van der Waals surface area contributed by atoms with Crippen LogP contribution in [0.15, 0.2) is 48.7 Å². The van der Waals surface area contributed by atoms with Crippen LogP contribution in [0.25, 0.3) is 10.9 Å². The average molecular weight is 395 g/mol. The number of nitrogens with two attached hydrogens (primary N) is 1. The van der Waals surface area contributed by atoms with Crippen molar-refractivity contribution in [2.24, 2.45) is 0 Å². The number of aromatic nitrogens is 1. The van der Waals surface area contributed by atoms with E-state index in [0.717, 1.165) is 28.5 Å². The van der Waals surface area contributed by atoms with Gasteiger partial charge in [-0.25, -0.2) is 8.78 Å². The average Bonchev–Trinajstić information content (AvgIpc) is 3.06. The molecular formula is C20H21F4N3O. The monoisotopic (exact) mass is 395 g/mol. The maximum absolute atomic E-state index is 13.0. The first-order chi connectivity index (χ1) is 13.3. The first-order valence-corrected chi connectivity index (χ1v) is 8.79. The van der Waals surface area contributed by atoms with Crippen molar-refractivity contribution in [2.45, 2.75) is 25.3 Å². The zero-order valence-corrected chi connectivity index (χ0v) is 15.0. The van der Waals surface area contributed by atoms with Crippen molar-refractivity contribution in [3.8, 4) is 5.75 Å². The highest BCUT2D eigenvalue weighted by atomic mass is 19.3. The van der Waals surface area contributed by atoms with Crippen LogP contribution in [0.5, 0.6) is 5.75 Å². The molecule has 0 fully saturated rings. The van der Waals surface area contributed by atoms with Crippen molar-refractivity contribution in [2.75, 3.05) is 18.9 Å². The van der Waals surface area contributed by atoms with Gasteiger partial charge in [-0.15, -0.1) is 0 Å². The van der Waals surface area contributed by atoms with E-state index >= 15 is 0 Å². The Morgan fingerprint density at radius 3 is 2.75 bits per heavy atom. The number of benzene rings is 2. The number of hydrogen-bond donors (Lipinski definition) is 3. The molecule has 0 amide bonds.